The summed E-state index contributed by atoms with van der Waals surface area (Å²) in [5, 5.41) is 10.5. The molecule has 0 unspecified atom stereocenters. The molecule has 78 valence electrons. The van der Waals surface area contributed by atoms with Gasteiger partial charge in [-0.3, -0.25) is 0 Å². The molecular weight excluding hydrogens is 229 g/mol. The third kappa shape index (κ3) is 1.97. The molecule has 0 radical (unpaired) electrons. The minimum absolute atomic E-state index is 0.353. The van der Waals surface area contributed by atoms with Crippen molar-refractivity contribution in [1.82, 2.24) is 0 Å². The summed E-state index contributed by atoms with van der Waals surface area (Å²) in [6.45, 7) is 0. The van der Waals surface area contributed by atoms with E-state index in [0.717, 1.165) is 31.2 Å². The molecule has 1 saturated carbocycles. The first-order chi connectivity index (χ1) is 7.16. The summed E-state index contributed by atoms with van der Waals surface area (Å²) in [6.07, 6.45) is 4.05. The fourth-order valence-corrected chi connectivity index (χ4v) is 2.80. The van der Waals surface area contributed by atoms with Crippen LogP contribution in [0.3, 0.4) is 0 Å². The molecule has 0 atom stereocenters. The minimum atomic E-state index is -0.353. The van der Waals surface area contributed by atoms with Crippen molar-refractivity contribution in [2.24, 2.45) is 0 Å². The lowest BCUT2D eigenvalue weighted by Crippen LogP contribution is -2.19. The Morgan fingerprint density at radius 2 is 1.60 bits per heavy atom. The molecule has 0 saturated heterocycles. The van der Waals surface area contributed by atoms with Crippen molar-refractivity contribution in [3.63, 3.8) is 0 Å². The fourth-order valence-electron chi connectivity index (χ4n) is 2.27. The number of rotatable bonds is 1. The smallest absolute Gasteiger partial charge is 0.0823 e. The van der Waals surface area contributed by atoms with Crippen LogP contribution in [-0.4, -0.2) is 0 Å². The lowest BCUT2D eigenvalue weighted by atomic mass is 9.80. The Balaban J connectivity index is 2.48. The van der Waals surface area contributed by atoms with Gasteiger partial charge in [0.15, 0.2) is 0 Å². The largest absolute Gasteiger partial charge is 0.197 e. The van der Waals surface area contributed by atoms with Crippen molar-refractivity contribution in [1.29, 1.82) is 5.26 Å². The predicted octanol–water partition coefficient (Wildman–Crippen LogP) is 4.33. The third-order valence-electron chi connectivity index (χ3n) is 3.09. The summed E-state index contributed by atoms with van der Waals surface area (Å²) in [6, 6.07) is 7.86. The van der Waals surface area contributed by atoms with Crippen molar-refractivity contribution in [2.45, 2.75) is 31.1 Å². The monoisotopic (exact) mass is 239 g/mol. The maximum Gasteiger partial charge on any atom is 0.0823 e. The van der Waals surface area contributed by atoms with Gasteiger partial charge in [0.05, 0.1) is 11.5 Å². The van der Waals surface area contributed by atoms with Gasteiger partial charge in [-0.05, 0) is 36.6 Å². The van der Waals surface area contributed by atoms with E-state index in [-0.39, 0.29) is 5.41 Å². The molecule has 1 aliphatic carbocycles. The standard InChI is InChI=1S/C12H11Cl2N/c13-10-5-9(6-11(14)7-10)12(8-15)3-1-2-4-12/h5-7H,1-4H2. The molecule has 1 nitrogen and oxygen atoms in total. The number of nitriles is 1. The highest BCUT2D eigenvalue weighted by molar-refractivity contribution is 6.34. The van der Waals surface area contributed by atoms with Gasteiger partial charge in [0, 0.05) is 10.0 Å². The highest BCUT2D eigenvalue weighted by Crippen LogP contribution is 2.42. The van der Waals surface area contributed by atoms with Crippen LogP contribution < -0.4 is 0 Å². The van der Waals surface area contributed by atoms with Gasteiger partial charge < -0.3 is 0 Å². The molecule has 0 bridgehead atoms. The Kier molecular flexibility index (Phi) is 2.91. The summed E-state index contributed by atoms with van der Waals surface area (Å²) in [5.74, 6) is 0. The van der Waals surface area contributed by atoms with Gasteiger partial charge >= 0.3 is 0 Å². The molecule has 1 fully saturated rings. The quantitative estimate of drug-likeness (QED) is 0.716. The maximum atomic E-state index is 9.32. The molecule has 1 aromatic rings. The molecule has 1 aromatic carbocycles. The van der Waals surface area contributed by atoms with E-state index in [1.807, 2.05) is 12.1 Å². The first-order valence-electron chi connectivity index (χ1n) is 5.04. The average Bonchev–Trinajstić information content (AvgIpc) is 2.65. The van der Waals surface area contributed by atoms with E-state index in [9.17, 15) is 5.26 Å². The van der Waals surface area contributed by atoms with Gasteiger partial charge in [0.25, 0.3) is 0 Å². The maximum absolute atomic E-state index is 9.32. The first kappa shape index (κ1) is 10.8. The van der Waals surface area contributed by atoms with Crippen molar-refractivity contribution in [2.75, 3.05) is 0 Å². The summed E-state index contributed by atoms with van der Waals surface area (Å²) in [4.78, 5) is 0. The third-order valence-corrected chi connectivity index (χ3v) is 3.52. The Labute approximate surface area is 99.6 Å². The SMILES string of the molecule is N#CC1(c2cc(Cl)cc(Cl)c2)CCCC1. The van der Waals surface area contributed by atoms with Gasteiger partial charge in [0.1, 0.15) is 0 Å². The van der Waals surface area contributed by atoms with Gasteiger partial charge in [0.2, 0.25) is 0 Å². The van der Waals surface area contributed by atoms with Crippen LogP contribution in [0.2, 0.25) is 10.0 Å². The molecule has 0 aliphatic heterocycles. The fraction of sp³-hybridized carbons (Fsp3) is 0.417. The Morgan fingerprint density at radius 1 is 1.07 bits per heavy atom. The van der Waals surface area contributed by atoms with E-state index in [2.05, 4.69) is 6.07 Å². The number of halogens is 2. The molecule has 1 aliphatic rings. The average molecular weight is 240 g/mol. The van der Waals surface area contributed by atoms with Crippen LogP contribution in [0, 0.1) is 11.3 Å². The molecule has 0 N–H and O–H groups in total. The van der Waals surface area contributed by atoms with Crippen LogP contribution in [0.25, 0.3) is 0 Å². The lowest BCUT2D eigenvalue weighted by Gasteiger charge is -2.21. The highest BCUT2D eigenvalue weighted by atomic mass is 35.5. The zero-order chi connectivity index (χ0) is 10.9. The van der Waals surface area contributed by atoms with E-state index >= 15 is 0 Å². The van der Waals surface area contributed by atoms with Gasteiger partial charge in [-0.25, -0.2) is 0 Å². The van der Waals surface area contributed by atoms with E-state index in [4.69, 9.17) is 23.2 Å². The summed E-state index contributed by atoms with van der Waals surface area (Å²) >= 11 is 11.9. The molecular formula is C12H11Cl2N. The van der Waals surface area contributed by atoms with Crippen LogP contribution in [0.15, 0.2) is 18.2 Å². The van der Waals surface area contributed by atoms with Crippen molar-refractivity contribution in [3.8, 4) is 6.07 Å². The number of nitrogens with zero attached hydrogens (tertiary/aromatic N) is 1. The van der Waals surface area contributed by atoms with Crippen LogP contribution in [-0.2, 0) is 5.41 Å². The van der Waals surface area contributed by atoms with Crippen LogP contribution in [0.1, 0.15) is 31.2 Å². The lowest BCUT2D eigenvalue weighted by molar-refractivity contribution is 0.573. The second kappa shape index (κ2) is 4.04. The Morgan fingerprint density at radius 3 is 2.07 bits per heavy atom. The molecule has 0 heterocycles. The molecule has 3 heteroatoms. The number of benzene rings is 1. The van der Waals surface area contributed by atoms with Crippen LogP contribution in [0.5, 0.6) is 0 Å². The molecule has 0 aromatic heterocycles. The zero-order valence-corrected chi connectivity index (χ0v) is 9.78. The van der Waals surface area contributed by atoms with Gasteiger partial charge in [-0.15, -0.1) is 0 Å². The van der Waals surface area contributed by atoms with Gasteiger partial charge in [-0.1, -0.05) is 36.0 Å². The second-order valence-electron chi connectivity index (χ2n) is 4.06. The predicted molar refractivity (Wildman–Crippen MR) is 62.2 cm³/mol. The Bertz CT molecular complexity index is 394. The van der Waals surface area contributed by atoms with E-state index in [1.54, 1.807) is 6.07 Å². The Hall–Kier alpha value is -0.710. The molecule has 0 spiro atoms. The van der Waals surface area contributed by atoms with Gasteiger partial charge in [-0.2, -0.15) is 5.26 Å². The van der Waals surface area contributed by atoms with Crippen molar-refractivity contribution >= 4 is 23.2 Å². The van der Waals surface area contributed by atoms with Crippen LogP contribution >= 0.6 is 23.2 Å². The summed E-state index contributed by atoms with van der Waals surface area (Å²) in [5.41, 5.74) is 0.620. The molecule has 2 rings (SSSR count). The topological polar surface area (TPSA) is 23.8 Å². The normalized spacial score (nSPS) is 18.7. The molecule has 0 amide bonds. The minimum Gasteiger partial charge on any atom is -0.197 e. The second-order valence-corrected chi connectivity index (χ2v) is 4.93. The summed E-state index contributed by atoms with van der Waals surface area (Å²) < 4.78 is 0. The van der Waals surface area contributed by atoms with Crippen molar-refractivity contribution in [3.05, 3.63) is 33.8 Å². The van der Waals surface area contributed by atoms with E-state index < -0.39 is 0 Å². The number of hydrogen-bond donors (Lipinski definition) is 0. The summed E-state index contributed by atoms with van der Waals surface area (Å²) in [7, 11) is 0. The van der Waals surface area contributed by atoms with Crippen LogP contribution in [0.4, 0.5) is 0 Å². The molecule has 15 heavy (non-hydrogen) atoms. The van der Waals surface area contributed by atoms with Crippen molar-refractivity contribution < 1.29 is 0 Å². The van der Waals surface area contributed by atoms with E-state index in [0.29, 0.717) is 10.0 Å². The first-order valence-corrected chi connectivity index (χ1v) is 5.80. The van der Waals surface area contributed by atoms with E-state index in [1.165, 1.54) is 0 Å². The number of hydrogen-bond acceptors (Lipinski definition) is 1. The zero-order valence-electron chi connectivity index (χ0n) is 8.26. The highest BCUT2D eigenvalue weighted by Gasteiger charge is 2.36.